The van der Waals surface area contributed by atoms with Crippen molar-refractivity contribution < 1.29 is 17.6 Å². The minimum absolute atomic E-state index is 0.127. The minimum Gasteiger partial charge on any atom is -0.361 e. The molecule has 17 heavy (non-hydrogen) atoms. The molecule has 1 aromatic carbocycles. The highest BCUT2D eigenvalue weighted by molar-refractivity contribution is 6.33. The second-order valence-corrected chi connectivity index (χ2v) is 3.74. The Morgan fingerprint density at radius 3 is 2.35 bits per heavy atom. The van der Waals surface area contributed by atoms with E-state index in [2.05, 4.69) is 4.98 Å². The van der Waals surface area contributed by atoms with Crippen molar-refractivity contribution in [3.05, 3.63) is 46.9 Å². The summed E-state index contributed by atoms with van der Waals surface area (Å²) in [6, 6.07) is 4.29. The van der Waals surface area contributed by atoms with Gasteiger partial charge in [0, 0.05) is 17.5 Å². The Bertz CT molecular complexity index is 531. The number of aromatic amines is 1. The summed E-state index contributed by atoms with van der Waals surface area (Å²) in [6.45, 7) is 0. The zero-order valence-corrected chi connectivity index (χ0v) is 9.03. The van der Waals surface area contributed by atoms with Gasteiger partial charge in [0.15, 0.2) is 0 Å². The minimum atomic E-state index is -4.59. The number of hydrogen-bond acceptors (Lipinski definition) is 0. The number of hydrogen-bond donors (Lipinski definition) is 1. The molecule has 0 aliphatic carbocycles. The van der Waals surface area contributed by atoms with Gasteiger partial charge in [0.2, 0.25) is 0 Å². The van der Waals surface area contributed by atoms with Gasteiger partial charge < -0.3 is 4.98 Å². The van der Waals surface area contributed by atoms with E-state index in [-0.39, 0.29) is 11.3 Å². The fourth-order valence-corrected chi connectivity index (χ4v) is 1.80. The van der Waals surface area contributed by atoms with Gasteiger partial charge in [-0.15, -0.1) is 0 Å². The highest BCUT2D eigenvalue weighted by Gasteiger charge is 2.35. The number of aromatic nitrogens is 1. The predicted molar refractivity (Wildman–Crippen MR) is 56.2 cm³/mol. The number of benzene rings is 1. The van der Waals surface area contributed by atoms with Gasteiger partial charge >= 0.3 is 6.18 Å². The number of H-pyrrole nitrogens is 1. The molecule has 1 heterocycles. The standard InChI is InChI=1S/C11H6ClF4N/c12-10-7(13)4-3-6(11(14,15)16)9(10)8-2-1-5-17-8/h1-5,17H. The lowest BCUT2D eigenvalue weighted by molar-refractivity contribution is -0.137. The van der Waals surface area contributed by atoms with Crippen LogP contribution in [0.2, 0.25) is 5.02 Å². The van der Waals surface area contributed by atoms with Crippen LogP contribution in [0, 0.1) is 5.82 Å². The van der Waals surface area contributed by atoms with Crippen molar-refractivity contribution in [2.45, 2.75) is 6.18 Å². The molecule has 1 N–H and O–H groups in total. The topological polar surface area (TPSA) is 15.8 Å². The van der Waals surface area contributed by atoms with Crippen molar-refractivity contribution >= 4 is 11.6 Å². The summed E-state index contributed by atoms with van der Waals surface area (Å²) >= 11 is 5.60. The summed E-state index contributed by atoms with van der Waals surface area (Å²) in [5.41, 5.74) is -1.21. The molecule has 0 saturated carbocycles. The third-order valence-electron chi connectivity index (χ3n) is 2.27. The van der Waals surface area contributed by atoms with E-state index in [1.165, 1.54) is 18.3 Å². The van der Waals surface area contributed by atoms with Crippen LogP contribution in [0.4, 0.5) is 17.6 Å². The highest BCUT2D eigenvalue weighted by Crippen LogP contribution is 2.41. The van der Waals surface area contributed by atoms with Gasteiger partial charge in [0.05, 0.1) is 10.6 Å². The Kier molecular flexibility index (Phi) is 2.87. The van der Waals surface area contributed by atoms with Gasteiger partial charge in [0.1, 0.15) is 5.82 Å². The zero-order valence-electron chi connectivity index (χ0n) is 8.28. The van der Waals surface area contributed by atoms with Gasteiger partial charge in [0.25, 0.3) is 0 Å². The second kappa shape index (κ2) is 4.07. The van der Waals surface area contributed by atoms with Gasteiger partial charge in [-0.1, -0.05) is 11.6 Å². The number of nitrogens with one attached hydrogen (secondary N) is 1. The smallest absolute Gasteiger partial charge is 0.361 e. The third kappa shape index (κ3) is 2.15. The Balaban J connectivity index is 2.74. The van der Waals surface area contributed by atoms with Crippen molar-refractivity contribution in [3.8, 4) is 11.3 Å². The molecular formula is C11H6ClF4N. The van der Waals surface area contributed by atoms with E-state index < -0.39 is 22.6 Å². The average Bonchev–Trinajstić information content (AvgIpc) is 2.73. The monoisotopic (exact) mass is 263 g/mol. The summed E-state index contributed by atoms with van der Waals surface area (Å²) in [7, 11) is 0. The van der Waals surface area contributed by atoms with E-state index in [1.807, 2.05) is 0 Å². The molecule has 0 spiro atoms. The van der Waals surface area contributed by atoms with Crippen molar-refractivity contribution in [2.24, 2.45) is 0 Å². The van der Waals surface area contributed by atoms with Crippen LogP contribution in [-0.4, -0.2) is 4.98 Å². The number of alkyl halides is 3. The molecule has 1 nitrogen and oxygen atoms in total. The molecule has 0 radical (unpaired) electrons. The van der Waals surface area contributed by atoms with E-state index in [4.69, 9.17) is 11.6 Å². The number of halogens is 5. The summed E-state index contributed by atoms with van der Waals surface area (Å²) in [6.07, 6.45) is -3.14. The average molecular weight is 264 g/mol. The molecule has 0 atom stereocenters. The maximum absolute atomic E-state index is 13.2. The van der Waals surface area contributed by atoms with Crippen LogP contribution >= 0.6 is 11.6 Å². The third-order valence-corrected chi connectivity index (χ3v) is 2.64. The van der Waals surface area contributed by atoms with Gasteiger partial charge in [-0.25, -0.2) is 4.39 Å². The second-order valence-electron chi connectivity index (χ2n) is 3.37. The van der Waals surface area contributed by atoms with Crippen molar-refractivity contribution in [3.63, 3.8) is 0 Å². The molecule has 0 unspecified atom stereocenters. The Morgan fingerprint density at radius 2 is 1.82 bits per heavy atom. The largest absolute Gasteiger partial charge is 0.417 e. The molecule has 6 heteroatoms. The van der Waals surface area contributed by atoms with Gasteiger partial charge in [-0.05, 0) is 24.3 Å². The van der Waals surface area contributed by atoms with E-state index in [0.717, 1.165) is 0 Å². The van der Waals surface area contributed by atoms with Crippen molar-refractivity contribution in [1.29, 1.82) is 0 Å². The SMILES string of the molecule is Fc1ccc(C(F)(F)F)c(-c2ccc[nH]2)c1Cl. The van der Waals surface area contributed by atoms with Crippen LogP contribution in [-0.2, 0) is 6.18 Å². The van der Waals surface area contributed by atoms with Crippen LogP contribution in [0.3, 0.4) is 0 Å². The highest BCUT2D eigenvalue weighted by atomic mass is 35.5. The molecule has 0 bridgehead atoms. The van der Waals surface area contributed by atoms with Gasteiger partial charge in [-0.3, -0.25) is 0 Å². The molecule has 2 aromatic rings. The fraction of sp³-hybridized carbons (Fsp3) is 0.0909. The first-order valence-corrected chi connectivity index (χ1v) is 4.98. The Morgan fingerprint density at radius 1 is 1.12 bits per heavy atom. The van der Waals surface area contributed by atoms with Crippen molar-refractivity contribution in [2.75, 3.05) is 0 Å². The van der Waals surface area contributed by atoms with E-state index in [9.17, 15) is 17.6 Å². The summed E-state index contributed by atoms with van der Waals surface area (Å²) in [5, 5.41) is -0.540. The first-order valence-electron chi connectivity index (χ1n) is 4.60. The van der Waals surface area contributed by atoms with Crippen LogP contribution < -0.4 is 0 Å². The predicted octanol–water partition coefficient (Wildman–Crippen LogP) is 4.49. The van der Waals surface area contributed by atoms with Crippen LogP contribution in [0.15, 0.2) is 30.5 Å². The Labute approximate surface area is 99.0 Å². The molecule has 1 aromatic heterocycles. The first kappa shape index (κ1) is 12.0. The maximum Gasteiger partial charge on any atom is 0.417 e. The molecular weight excluding hydrogens is 258 g/mol. The summed E-state index contributed by atoms with van der Waals surface area (Å²) in [4.78, 5) is 2.58. The molecule has 0 saturated heterocycles. The summed E-state index contributed by atoms with van der Waals surface area (Å²) in [5.74, 6) is -0.885. The molecule has 0 amide bonds. The normalized spacial score (nSPS) is 11.8. The lowest BCUT2D eigenvalue weighted by Gasteiger charge is -2.13. The maximum atomic E-state index is 13.2. The molecule has 2 rings (SSSR count). The summed E-state index contributed by atoms with van der Waals surface area (Å²) < 4.78 is 51.5. The lowest BCUT2D eigenvalue weighted by Crippen LogP contribution is -2.08. The quantitative estimate of drug-likeness (QED) is 0.730. The molecule has 0 aliphatic heterocycles. The van der Waals surface area contributed by atoms with E-state index in [0.29, 0.717) is 12.1 Å². The van der Waals surface area contributed by atoms with Crippen LogP contribution in [0.25, 0.3) is 11.3 Å². The molecule has 0 aliphatic rings. The van der Waals surface area contributed by atoms with E-state index >= 15 is 0 Å². The van der Waals surface area contributed by atoms with Crippen LogP contribution in [0.1, 0.15) is 5.56 Å². The number of rotatable bonds is 1. The zero-order chi connectivity index (χ0) is 12.6. The van der Waals surface area contributed by atoms with Crippen LogP contribution in [0.5, 0.6) is 0 Å². The van der Waals surface area contributed by atoms with Crippen molar-refractivity contribution in [1.82, 2.24) is 4.98 Å². The fourth-order valence-electron chi connectivity index (χ4n) is 1.54. The van der Waals surface area contributed by atoms with E-state index in [1.54, 1.807) is 0 Å². The van der Waals surface area contributed by atoms with Gasteiger partial charge in [-0.2, -0.15) is 13.2 Å². The first-order chi connectivity index (χ1) is 7.91. The molecule has 90 valence electrons. The lowest BCUT2D eigenvalue weighted by atomic mass is 10.0. The molecule has 0 fully saturated rings. The Hall–Kier alpha value is -1.49.